The van der Waals surface area contributed by atoms with Gasteiger partial charge in [-0.1, -0.05) is 51.5 Å². The van der Waals surface area contributed by atoms with E-state index in [1.54, 1.807) is 0 Å². The third-order valence-corrected chi connectivity index (χ3v) is 2.78. The summed E-state index contributed by atoms with van der Waals surface area (Å²) in [4.78, 5) is 0. The van der Waals surface area contributed by atoms with Crippen molar-refractivity contribution in [2.75, 3.05) is 13.1 Å². The van der Waals surface area contributed by atoms with Crippen LogP contribution in [-0.4, -0.2) is 13.1 Å². The van der Waals surface area contributed by atoms with Crippen molar-refractivity contribution < 1.29 is 0 Å². The van der Waals surface area contributed by atoms with Gasteiger partial charge < -0.3 is 11.5 Å². The van der Waals surface area contributed by atoms with Crippen LogP contribution in [0.15, 0.2) is 23.8 Å². The van der Waals surface area contributed by atoms with E-state index in [1.165, 1.54) is 5.57 Å². The molecular formula is C14H30N2. The normalized spacial score (nSPS) is 12.8. The topological polar surface area (TPSA) is 52.0 Å². The molecule has 0 radical (unpaired) electrons. The first kappa shape index (κ1) is 17.8. The van der Waals surface area contributed by atoms with Crippen LogP contribution >= 0.6 is 0 Å². The first-order valence-corrected chi connectivity index (χ1v) is 6.32. The molecule has 96 valence electrons. The summed E-state index contributed by atoms with van der Waals surface area (Å²) in [5, 5.41) is 0. The summed E-state index contributed by atoms with van der Waals surface area (Å²) in [5.41, 5.74) is 13.3. The van der Waals surface area contributed by atoms with Crippen molar-refractivity contribution in [2.45, 2.75) is 47.0 Å². The molecule has 2 nitrogen and oxygen atoms in total. The van der Waals surface area contributed by atoms with E-state index in [1.807, 2.05) is 0 Å². The summed E-state index contributed by atoms with van der Waals surface area (Å²) >= 11 is 0. The fourth-order valence-corrected chi connectivity index (χ4v) is 1.15. The number of allylic oxidation sites excluding steroid dienone is 1. The highest BCUT2D eigenvalue weighted by molar-refractivity contribution is 5.01. The zero-order valence-corrected chi connectivity index (χ0v) is 11.6. The summed E-state index contributed by atoms with van der Waals surface area (Å²) in [7, 11) is 0. The Morgan fingerprint density at radius 1 is 1.19 bits per heavy atom. The number of hydrogen-bond donors (Lipinski definition) is 2. The molecule has 0 heterocycles. The quantitative estimate of drug-likeness (QED) is 0.683. The van der Waals surface area contributed by atoms with Crippen LogP contribution in [0.4, 0.5) is 0 Å². The summed E-state index contributed by atoms with van der Waals surface area (Å²) < 4.78 is 0. The Bertz CT molecular complexity index is 189. The van der Waals surface area contributed by atoms with E-state index in [2.05, 4.69) is 40.3 Å². The highest BCUT2D eigenvalue weighted by Gasteiger charge is 1.99. The highest BCUT2D eigenvalue weighted by Crippen LogP contribution is 2.09. The summed E-state index contributed by atoms with van der Waals surface area (Å²) in [6.45, 7) is 13.7. The Morgan fingerprint density at radius 3 is 1.88 bits per heavy atom. The molecule has 0 fully saturated rings. The Kier molecular flexibility index (Phi) is 13.9. The van der Waals surface area contributed by atoms with Gasteiger partial charge in [0.25, 0.3) is 0 Å². The van der Waals surface area contributed by atoms with Gasteiger partial charge in [-0.3, -0.25) is 0 Å². The maximum atomic E-state index is 5.40. The van der Waals surface area contributed by atoms with Gasteiger partial charge in [-0.2, -0.15) is 0 Å². The third-order valence-electron chi connectivity index (χ3n) is 2.78. The van der Waals surface area contributed by atoms with E-state index in [-0.39, 0.29) is 0 Å². The Morgan fingerprint density at radius 2 is 1.75 bits per heavy atom. The molecule has 0 spiro atoms. The van der Waals surface area contributed by atoms with Gasteiger partial charge in [0.1, 0.15) is 0 Å². The lowest BCUT2D eigenvalue weighted by Gasteiger charge is -2.08. The maximum absolute atomic E-state index is 5.40. The Labute approximate surface area is 102 Å². The summed E-state index contributed by atoms with van der Waals surface area (Å²) in [6, 6.07) is 0. The predicted molar refractivity (Wildman–Crippen MR) is 75.4 cm³/mol. The predicted octanol–water partition coefficient (Wildman–Crippen LogP) is 3.24. The first-order chi connectivity index (χ1) is 7.56. The van der Waals surface area contributed by atoms with E-state index in [0.29, 0.717) is 12.5 Å². The fraction of sp³-hybridized carbons (Fsp3) is 0.714. The minimum Gasteiger partial charge on any atom is -0.327 e. The van der Waals surface area contributed by atoms with Gasteiger partial charge in [0.15, 0.2) is 0 Å². The molecule has 0 aliphatic carbocycles. The standard InChI is InChI=1S/2C7H15N/c1-4-6(2)7(3)5-8;1-3-5-7(4-2)6-8/h6H,3-5,8H2,1-2H3;5H,3-4,6,8H2,1-2H3/b;7-5-. The Balaban J connectivity index is 0. The van der Waals surface area contributed by atoms with Gasteiger partial charge in [-0.05, 0) is 25.2 Å². The molecule has 1 unspecified atom stereocenters. The van der Waals surface area contributed by atoms with Crippen LogP contribution in [0.25, 0.3) is 0 Å². The molecule has 0 saturated carbocycles. The average Bonchev–Trinajstić information content (AvgIpc) is 2.34. The molecule has 0 bridgehead atoms. The zero-order chi connectivity index (χ0) is 13.0. The highest BCUT2D eigenvalue weighted by atomic mass is 14.5. The fourth-order valence-electron chi connectivity index (χ4n) is 1.15. The van der Waals surface area contributed by atoms with Gasteiger partial charge in [0.2, 0.25) is 0 Å². The van der Waals surface area contributed by atoms with Crippen LogP contribution < -0.4 is 11.5 Å². The van der Waals surface area contributed by atoms with Crippen LogP contribution in [0, 0.1) is 5.92 Å². The van der Waals surface area contributed by atoms with E-state index >= 15 is 0 Å². The van der Waals surface area contributed by atoms with Crippen molar-refractivity contribution in [3.8, 4) is 0 Å². The van der Waals surface area contributed by atoms with Crippen molar-refractivity contribution in [3.05, 3.63) is 23.8 Å². The summed E-state index contributed by atoms with van der Waals surface area (Å²) in [5.74, 6) is 0.597. The van der Waals surface area contributed by atoms with Crippen LogP contribution in [0.1, 0.15) is 47.0 Å². The number of rotatable bonds is 6. The second kappa shape index (κ2) is 12.5. The van der Waals surface area contributed by atoms with Gasteiger partial charge in [-0.15, -0.1) is 0 Å². The first-order valence-electron chi connectivity index (χ1n) is 6.32. The lowest BCUT2D eigenvalue weighted by molar-refractivity contribution is 0.645. The molecule has 0 rings (SSSR count). The van der Waals surface area contributed by atoms with E-state index in [9.17, 15) is 0 Å². The zero-order valence-electron chi connectivity index (χ0n) is 11.6. The second-order valence-corrected chi connectivity index (χ2v) is 4.00. The lowest BCUT2D eigenvalue weighted by Crippen LogP contribution is -2.08. The van der Waals surface area contributed by atoms with Gasteiger partial charge >= 0.3 is 0 Å². The molecule has 0 saturated heterocycles. The molecule has 0 aromatic heterocycles. The molecule has 4 N–H and O–H groups in total. The van der Waals surface area contributed by atoms with Crippen molar-refractivity contribution in [2.24, 2.45) is 17.4 Å². The SMILES string of the molecule is C=C(CN)C(C)CC.CC/C=C(/CC)CN. The lowest BCUT2D eigenvalue weighted by atomic mass is 10.0. The molecule has 0 aromatic rings. The van der Waals surface area contributed by atoms with E-state index < -0.39 is 0 Å². The Hall–Kier alpha value is -0.600. The van der Waals surface area contributed by atoms with Crippen LogP contribution in [0.5, 0.6) is 0 Å². The monoisotopic (exact) mass is 226 g/mol. The molecule has 1 atom stereocenters. The molecule has 0 aliphatic heterocycles. The van der Waals surface area contributed by atoms with Crippen molar-refractivity contribution in [1.29, 1.82) is 0 Å². The summed E-state index contributed by atoms with van der Waals surface area (Å²) in [6.07, 6.45) is 5.56. The molecule has 16 heavy (non-hydrogen) atoms. The second-order valence-electron chi connectivity index (χ2n) is 4.00. The molecular weight excluding hydrogens is 196 g/mol. The molecule has 2 heteroatoms. The number of hydrogen-bond acceptors (Lipinski definition) is 2. The van der Waals surface area contributed by atoms with Crippen LogP contribution in [-0.2, 0) is 0 Å². The third kappa shape index (κ3) is 9.94. The van der Waals surface area contributed by atoms with Crippen LogP contribution in [0.2, 0.25) is 0 Å². The van der Waals surface area contributed by atoms with Gasteiger partial charge in [0.05, 0.1) is 0 Å². The van der Waals surface area contributed by atoms with E-state index in [4.69, 9.17) is 11.5 Å². The molecule has 0 aliphatic rings. The minimum absolute atomic E-state index is 0.597. The molecule has 0 amide bonds. The largest absolute Gasteiger partial charge is 0.327 e. The van der Waals surface area contributed by atoms with E-state index in [0.717, 1.165) is 31.4 Å². The smallest absolute Gasteiger partial charge is 0.0136 e. The average molecular weight is 226 g/mol. The molecule has 0 aromatic carbocycles. The van der Waals surface area contributed by atoms with Gasteiger partial charge in [0, 0.05) is 13.1 Å². The van der Waals surface area contributed by atoms with Gasteiger partial charge in [-0.25, -0.2) is 0 Å². The van der Waals surface area contributed by atoms with Crippen molar-refractivity contribution in [3.63, 3.8) is 0 Å². The van der Waals surface area contributed by atoms with Crippen molar-refractivity contribution in [1.82, 2.24) is 0 Å². The number of nitrogens with two attached hydrogens (primary N) is 2. The minimum atomic E-state index is 0.597. The maximum Gasteiger partial charge on any atom is 0.0136 e. The van der Waals surface area contributed by atoms with Crippen LogP contribution in [0.3, 0.4) is 0 Å². The van der Waals surface area contributed by atoms with Crippen molar-refractivity contribution >= 4 is 0 Å².